The molecule has 1 aliphatic heterocycles. The van der Waals surface area contributed by atoms with Crippen LogP contribution in [0.4, 0.5) is 11.5 Å². The molecule has 3 rings (SSSR count). The van der Waals surface area contributed by atoms with Crippen LogP contribution < -0.4 is 15.0 Å². The SMILES string of the molecule is COc1ccccc1N1CCC(CNc2ccc(C#N)cn2)C1. The summed E-state index contributed by atoms with van der Waals surface area (Å²) in [4.78, 5) is 6.62. The molecule has 0 amide bonds. The summed E-state index contributed by atoms with van der Waals surface area (Å²) >= 11 is 0. The van der Waals surface area contributed by atoms with Crippen LogP contribution >= 0.6 is 0 Å². The molecule has 5 heteroatoms. The molecule has 0 saturated carbocycles. The van der Waals surface area contributed by atoms with Crippen LogP contribution in [0.15, 0.2) is 42.6 Å². The fourth-order valence-corrected chi connectivity index (χ4v) is 2.92. The molecule has 5 nitrogen and oxygen atoms in total. The molecule has 1 unspecified atom stereocenters. The predicted octanol–water partition coefficient (Wildman–Crippen LogP) is 2.90. The van der Waals surface area contributed by atoms with Crippen molar-refractivity contribution in [3.8, 4) is 11.8 Å². The minimum atomic E-state index is 0.567. The molecule has 0 aliphatic carbocycles. The van der Waals surface area contributed by atoms with Gasteiger partial charge in [0, 0.05) is 25.8 Å². The summed E-state index contributed by atoms with van der Waals surface area (Å²) in [5.41, 5.74) is 1.74. The number of pyridine rings is 1. The molecule has 0 radical (unpaired) electrons. The molecular weight excluding hydrogens is 288 g/mol. The third kappa shape index (κ3) is 3.54. The summed E-state index contributed by atoms with van der Waals surface area (Å²) < 4.78 is 5.45. The van der Waals surface area contributed by atoms with E-state index >= 15 is 0 Å². The normalized spacial score (nSPS) is 16.9. The zero-order valence-corrected chi connectivity index (χ0v) is 13.2. The Morgan fingerprint density at radius 1 is 1.35 bits per heavy atom. The highest BCUT2D eigenvalue weighted by Gasteiger charge is 2.24. The van der Waals surface area contributed by atoms with Gasteiger partial charge >= 0.3 is 0 Å². The van der Waals surface area contributed by atoms with Gasteiger partial charge in [-0.05, 0) is 36.6 Å². The van der Waals surface area contributed by atoms with Crippen LogP contribution in [0.5, 0.6) is 5.75 Å². The molecule has 1 saturated heterocycles. The van der Waals surface area contributed by atoms with Gasteiger partial charge in [0.25, 0.3) is 0 Å². The van der Waals surface area contributed by atoms with Gasteiger partial charge in [-0.1, -0.05) is 12.1 Å². The van der Waals surface area contributed by atoms with Crippen molar-refractivity contribution >= 4 is 11.5 Å². The lowest BCUT2D eigenvalue weighted by Crippen LogP contribution is -2.23. The van der Waals surface area contributed by atoms with Crippen molar-refractivity contribution in [2.24, 2.45) is 5.92 Å². The van der Waals surface area contributed by atoms with Crippen LogP contribution in [0, 0.1) is 17.2 Å². The largest absolute Gasteiger partial charge is 0.495 e. The van der Waals surface area contributed by atoms with Crippen LogP contribution in [0.2, 0.25) is 0 Å². The lowest BCUT2D eigenvalue weighted by atomic mass is 10.1. The lowest BCUT2D eigenvalue weighted by Gasteiger charge is -2.21. The quantitative estimate of drug-likeness (QED) is 0.920. The van der Waals surface area contributed by atoms with Crippen molar-refractivity contribution in [1.29, 1.82) is 5.26 Å². The van der Waals surface area contributed by atoms with Crippen LogP contribution in [0.1, 0.15) is 12.0 Å². The topological polar surface area (TPSA) is 61.2 Å². The number of aromatic nitrogens is 1. The lowest BCUT2D eigenvalue weighted by molar-refractivity contribution is 0.414. The maximum atomic E-state index is 8.78. The number of rotatable bonds is 5. The number of benzene rings is 1. The van der Waals surface area contributed by atoms with E-state index in [0.717, 1.165) is 43.3 Å². The first-order valence-corrected chi connectivity index (χ1v) is 7.78. The number of methoxy groups -OCH3 is 1. The Hall–Kier alpha value is -2.74. The van der Waals surface area contributed by atoms with E-state index in [9.17, 15) is 0 Å². The first-order valence-electron chi connectivity index (χ1n) is 7.78. The van der Waals surface area contributed by atoms with Gasteiger partial charge in [0.1, 0.15) is 17.6 Å². The van der Waals surface area contributed by atoms with Gasteiger partial charge in [-0.2, -0.15) is 5.26 Å². The summed E-state index contributed by atoms with van der Waals surface area (Å²) in [6.45, 7) is 2.92. The summed E-state index contributed by atoms with van der Waals surface area (Å²) in [6, 6.07) is 13.9. The van der Waals surface area contributed by atoms with Crippen molar-refractivity contribution in [2.75, 3.05) is 37.0 Å². The average molecular weight is 308 g/mol. The third-order valence-electron chi connectivity index (χ3n) is 4.18. The zero-order valence-electron chi connectivity index (χ0n) is 13.2. The Kier molecular flexibility index (Phi) is 4.62. The number of hydrogen-bond acceptors (Lipinski definition) is 5. The van der Waals surface area contributed by atoms with E-state index in [2.05, 4.69) is 27.3 Å². The molecule has 1 fully saturated rings. The Balaban J connectivity index is 1.56. The fourth-order valence-electron chi connectivity index (χ4n) is 2.92. The van der Waals surface area contributed by atoms with E-state index in [1.54, 1.807) is 19.4 Å². The second-order valence-electron chi connectivity index (χ2n) is 5.70. The summed E-state index contributed by atoms with van der Waals surface area (Å²) in [5.74, 6) is 2.31. The number of nitriles is 1. The first kappa shape index (κ1) is 15.2. The van der Waals surface area contributed by atoms with Gasteiger partial charge < -0.3 is 15.0 Å². The Labute approximate surface area is 136 Å². The number of nitrogens with zero attached hydrogens (tertiary/aromatic N) is 3. The minimum absolute atomic E-state index is 0.567. The maximum Gasteiger partial charge on any atom is 0.142 e. The average Bonchev–Trinajstić information content (AvgIpc) is 3.09. The Morgan fingerprint density at radius 3 is 2.96 bits per heavy atom. The van der Waals surface area contributed by atoms with Gasteiger partial charge in [-0.3, -0.25) is 0 Å². The van der Waals surface area contributed by atoms with Crippen molar-refractivity contribution in [3.05, 3.63) is 48.2 Å². The fraction of sp³-hybridized carbons (Fsp3) is 0.333. The number of ether oxygens (including phenoxy) is 1. The molecule has 118 valence electrons. The Morgan fingerprint density at radius 2 is 2.22 bits per heavy atom. The Bertz CT molecular complexity index is 693. The molecule has 0 bridgehead atoms. The van der Waals surface area contributed by atoms with Crippen molar-refractivity contribution in [2.45, 2.75) is 6.42 Å². The van der Waals surface area contributed by atoms with E-state index in [0.29, 0.717) is 11.5 Å². The molecule has 1 aromatic heterocycles. The number of para-hydroxylation sites is 2. The summed E-state index contributed by atoms with van der Waals surface area (Å²) in [7, 11) is 1.71. The minimum Gasteiger partial charge on any atom is -0.495 e. The highest BCUT2D eigenvalue weighted by molar-refractivity contribution is 5.59. The second-order valence-corrected chi connectivity index (χ2v) is 5.70. The number of anilines is 2. The van der Waals surface area contributed by atoms with Crippen molar-refractivity contribution in [3.63, 3.8) is 0 Å². The molecule has 1 atom stereocenters. The van der Waals surface area contributed by atoms with E-state index < -0.39 is 0 Å². The van der Waals surface area contributed by atoms with E-state index in [4.69, 9.17) is 10.00 Å². The molecule has 2 aromatic rings. The smallest absolute Gasteiger partial charge is 0.142 e. The molecular formula is C18H20N4O. The predicted molar refractivity (Wildman–Crippen MR) is 90.8 cm³/mol. The van der Waals surface area contributed by atoms with E-state index in [-0.39, 0.29) is 0 Å². The van der Waals surface area contributed by atoms with Crippen LogP contribution in [-0.2, 0) is 0 Å². The van der Waals surface area contributed by atoms with Crippen molar-refractivity contribution < 1.29 is 4.74 Å². The van der Waals surface area contributed by atoms with Gasteiger partial charge in [-0.15, -0.1) is 0 Å². The summed E-state index contributed by atoms with van der Waals surface area (Å²) in [6.07, 6.45) is 2.74. The van der Waals surface area contributed by atoms with Crippen LogP contribution in [-0.4, -0.2) is 31.7 Å². The third-order valence-corrected chi connectivity index (χ3v) is 4.18. The molecule has 0 spiro atoms. The number of hydrogen-bond donors (Lipinski definition) is 1. The highest BCUT2D eigenvalue weighted by atomic mass is 16.5. The maximum absolute atomic E-state index is 8.78. The zero-order chi connectivity index (χ0) is 16.1. The standard InChI is InChI=1S/C18H20N4O/c1-23-17-5-3-2-4-16(17)22-9-8-15(13-22)12-21-18-7-6-14(10-19)11-20-18/h2-7,11,15H,8-9,12-13H2,1H3,(H,20,21). The molecule has 1 aromatic carbocycles. The number of nitrogens with one attached hydrogen (secondary N) is 1. The van der Waals surface area contributed by atoms with Gasteiger partial charge in [0.2, 0.25) is 0 Å². The second kappa shape index (κ2) is 7.01. The molecule has 23 heavy (non-hydrogen) atoms. The van der Waals surface area contributed by atoms with Gasteiger partial charge in [0.05, 0.1) is 18.4 Å². The summed E-state index contributed by atoms with van der Waals surface area (Å²) in [5, 5.41) is 12.1. The van der Waals surface area contributed by atoms with Gasteiger partial charge in [-0.25, -0.2) is 4.98 Å². The molecule has 1 aliphatic rings. The van der Waals surface area contributed by atoms with Crippen LogP contribution in [0.25, 0.3) is 0 Å². The molecule has 2 heterocycles. The van der Waals surface area contributed by atoms with Crippen LogP contribution in [0.3, 0.4) is 0 Å². The van der Waals surface area contributed by atoms with E-state index in [1.807, 2.05) is 24.3 Å². The van der Waals surface area contributed by atoms with E-state index in [1.165, 1.54) is 0 Å². The van der Waals surface area contributed by atoms with Gasteiger partial charge in [0.15, 0.2) is 0 Å². The van der Waals surface area contributed by atoms with Crippen molar-refractivity contribution in [1.82, 2.24) is 4.98 Å². The highest BCUT2D eigenvalue weighted by Crippen LogP contribution is 2.31. The monoisotopic (exact) mass is 308 g/mol. The molecule has 1 N–H and O–H groups in total. The first-order chi connectivity index (χ1) is 11.3.